The second kappa shape index (κ2) is 6.03. The second-order valence-corrected chi connectivity index (χ2v) is 3.71. The monoisotopic (exact) mass is 264 g/mol. The summed E-state index contributed by atoms with van der Waals surface area (Å²) in [4.78, 5) is 12.4. The molecule has 0 radical (unpaired) electrons. The summed E-state index contributed by atoms with van der Waals surface area (Å²) in [6.45, 7) is 0. The van der Waals surface area contributed by atoms with Crippen LogP contribution in [0.1, 0.15) is 15.9 Å². The number of nitrogens with zero attached hydrogens (tertiary/aromatic N) is 2. The third kappa shape index (κ3) is 2.58. The van der Waals surface area contributed by atoms with Gasteiger partial charge in [0.15, 0.2) is 17.3 Å². The summed E-state index contributed by atoms with van der Waals surface area (Å²) in [6.07, 6.45) is 2.98. The average molecular weight is 264 g/mol. The van der Waals surface area contributed by atoms with Crippen molar-refractivity contribution in [2.75, 3.05) is 0 Å². The molecule has 0 aliphatic heterocycles. The van der Waals surface area contributed by atoms with Gasteiger partial charge in [-0.2, -0.15) is 0 Å². The number of carbonyl (C=O) groups is 1. The molecule has 0 aromatic heterocycles. The number of benzene rings is 2. The molecule has 96 valence electrons. The van der Waals surface area contributed by atoms with Gasteiger partial charge >= 0.3 is 0 Å². The van der Waals surface area contributed by atoms with Crippen LogP contribution in [-0.4, -0.2) is 5.78 Å². The molecule has 0 amide bonds. The smallest absolute Gasteiger partial charge is 0.292 e. The number of rotatable bonds is 4. The molecular weight excluding hydrogens is 256 g/mol. The lowest BCUT2D eigenvalue weighted by Crippen LogP contribution is -2.04. The molecule has 2 aromatic carbocycles. The quantitative estimate of drug-likeness (QED) is 0.626. The highest BCUT2D eigenvalue weighted by Gasteiger charge is 2.19. The highest BCUT2D eigenvalue weighted by Crippen LogP contribution is 2.32. The summed E-state index contributed by atoms with van der Waals surface area (Å²) >= 11 is 0. The minimum Gasteiger partial charge on any atom is -0.384 e. The number of ether oxygens (including phenoxy) is 2. The Balaban J connectivity index is 2.52. The largest absolute Gasteiger partial charge is 0.384 e. The molecule has 2 rings (SSSR count). The third-order valence-electron chi connectivity index (χ3n) is 2.56. The summed E-state index contributed by atoms with van der Waals surface area (Å²) < 4.78 is 9.47. The van der Waals surface area contributed by atoms with Crippen molar-refractivity contribution >= 4 is 5.78 Å². The maximum absolute atomic E-state index is 12.4. The van der Waals surface area contributed by atoms with Gasteiger partial charge in [-0.25, -0.2) is 0 Å². The van der Waals surface area contributed by atoms with Crippen molar-refractivity contribution in [3.8, 4) is 24.0 Å². The van der Waals surface area contributed by atoms with Gasteiger partial charge in [0.1, 0.15) is 0 Å². The molecule has 5 nitrogen and oxygen atoms in total. The molecule has 0 unspecified atom stereocenters. The molecule has 0 spiro atoms. The van der Waals surface area contributed by atoms with Crippen molar-refractivity contribution in [2.45, 2.75) is 0 Å². The topological polar surface area (TPSA) is 83.1 Å². The molecule has 0 aliphatic carbocycles. The maximum Gasteiger partial charge on any atom is 0.292 e. The van der Waals surface area contributed by atoms with Crippen LogP contribution in [0, 0.1) is 23.0 Å². The zero-order valence-corrected chi connectivity index (χ0v) is 10.2. The Morgan fingerprint density at radius 2 is 1.60 bits per heavy atom. The van der Waals surface area contributed by atoms with E-state index in [1.807, 2.05) is 0 Å². The van der Waals surface area contributed by atoms with Crippen LogP contribution in [-0.2, 0) is 0 Å². The third-order valence-corrected chi connectivity index (χ3v) is 2.56. The molecule has 0 saturated heterocycles. The molecule has 0 N–H and O–H groups in total. The van der Waals surface area contributed by atoms with E-state index in [2.05, 4.69) is 0 Å². The second-order valence-electron chi connectivity index (χ2n) is 3.71. The zero-order valence-electron chi connectivity index (χ0n) is 10.2. The van der Waals surface area contributed by atoms with Crippen molar-refractivity contribution in [2.24, 2.45) is 0 Å². The molecule has 0 saturated carbocycles. The van der Waals surface area contributed by atoms with Crippen LogP contribution in [0.4, 0.5) is 0 Å². The number of hydrogen-bond acceptors (Lipinski definition) is 5. The standard InChI is InChI=1S/C15H8N2O3/c16-9-19-13-8-4-7-12(15(13)20-10-17)14(18)11-5-2-1-3-6-11/h1-8H. The van der Waals surface area contributed by atoms with E-state index in [0.29, 0.717) is 5.56 Å². The predicted octanol–water partition coefficient (Wildman–Crippen LogP) is 2.64. The zero-order chi connectivity index (χ0) is 14.4. The lowest BCUT2D eigenvalue weighted by Gasteiger charge is -2.08. The fourth-order valence-electron chi connectivity index (χ4n) is 1.72. The van der Waals surface area contributed by atoms with Gasteiger partial charge in [0, 0.05) is 5.56 Å². The summed E-state index contributed by atoms with van der Waals surface area (Å²) in [5, 5.41) is 17.2. The van der Waals surface area contributed by atoms with E-state index >= 15 is 0 Å². The Kier molecular flexibility index (Phi) is 3.96. The van der Waals surface area contributed by atoms with Gasteiger partial charge in [-0.05, 0) is 12.1 Å². The van der Waals surface area contributed by atoms with Crippen molar-refractivity contribution < 1.29 is 14.3 Å². The molecular formula is C15H8N2O3. The van der Waals surface area contributed by atoms with Crippen LogP contribution in [0.25, 0.3) is 0 Å². The molecule has 0 aliphatic rings. The summed E-state index contributed by atoms with van der Waals surface area (Å²) in [6, 6.07) is 13.0. The van der Waals surface area contributed by atoms with Crippen LogP contribution in [0.5, 0.6) is 11.5 Å². The Morgan fingerprint density at radius 1 is 0.900 bits per heavy atom. The van der Waals surface area contributed by atoms with Gasteiger partial charge in [-0.1, -0.05) is 36.4 Å². The first-order valence-corrected chi connectivity index (χ1v) is 5.62. The lowest BCUT2D eigenvalue weighted by molar-refractivity contribution is 0.103. The van der Waals surface area contributed by atoms with E-state index < -0.39 is 0 Å². The van der Waals surface area contributed by atoms with Crippen molar-refractivity contribution in [1.82, 2.24) is 0 Å². The van der Waals surface area contributed by atoms with Gasteiger partial charge in [0.25, 0.3) is 12.5 Å². The van der Waals surface area contributed by atoms with Gasteiger partial charge in [0.2, 0.25) is 0 Å². The molecule has 0 heterocycles. The van der Waals surface area contributed by atoms with E-state index in [1.165, 1.54) is 24.6 Å². The molecule has 20 heavy (non-hydrogen) atoms. The van der Waals surface area contributed by atoms with E-state index in [0.717, 1.165) is 0 Å². The predicted molar refractivity (Wildman–Crippen MR) is 68.8 cm³/mol. The number of hydrogen-bond donors (Lipinski definition) is 0. The maximum atomic E-state index is 12.4. The van der Waals surface area contributed by atoms with Crippen molar-refractivity contribution in [3.05, 3.63) is 59.7 Å². The molecule has 5 heteroatoms. The highest BCUT2D eigenvalue weighted by atomic mass is 16.5. The van der Waals surface area contributed by atoms with Crippen molar-refractivity contribution in [1.29, 1.82) is 10.5 Å². The fraction of sp³-hybridized carbons (Fsp3) is 0. The number of nitriles is 2. The van der Waals surface area contributed by atoms with Gasteiger partial charge in [-0.3, -0.25) is 4.79 Å². The molecule has 2 aromatic rings. The SMILES string of the molecule is N#COc1cccc(C(=O)c2ccccc2)c1OC#N. The minimum atomic E-state index is -0.320. The van der Waals surface area contributed by atoms with Gasteiger partial charge in [-0.15, -0.1) is 10.5 Å². The Labute approximate surface area is 115 Å². The van der Waals surface area contributed by atoms with E-state index in [1.54, 1.807) is 36.4 Å². The first-order valence-electron chi connectivity index (χ1n) is 5.62. The number of carbonyl (C=O) groups excluding carboxylic acids is 1. The molecule has 0 atom stereocenters. The fourth-order valence-corrected chi connectivity index (χ4v) is 1.72. The summed E-state index contributed by atoms with van der Waals surface area (Å²) in [7, 11) is 0. The van der Waals surface area contributed by atoms with E-state index in [4.69, 9.17) is 20.0 Å². The summed E-state index contributed by atoms with van der Waals surface area (Å²) in [5.74, 6) is -0.361. The van der Waals surface area contributed by atoms with Gasteiger partial charge in [0.05, 0.1) is 5.56 Å². The number of ketones is 1. The first kappa shape index (κ1) is 13.1. The van der Waals surface area contributed by atoms with Crippen LogP contribution in [0.15, 0.2) is 48.5 Å². The first-order chi connectivity index (χ1) is 9.77. The Hall–Kier alpha value is -3.31. The molecule has 0 fully saturated rings. The van der Waals surface area contributed by atoms with E-state index in [-0.39, 0.29) is 22.8 Å². The lowest BCUT2D eigenvalue weighted by atomic mass is 10.0. The van der Waals surface area contributed by atoms with Crippen LogP contribution in [0.3, 0.4) is 0 Å². The molecule has 0 bridgehead atoms. The van der Waals surface area contributed by atoms with Gasteiger partial charge < -0.3 is 9.47 Å². The average Bonchev–Trinajstić information content (AvgIpc) is 2.49. The Bertz CT molecular complexity index is 712. The minimum absolute atomic E-state index is 0.0239. The number of para-hydroxylation sites is 1. The van der Waals surface area contributed by atoms with E-state index in [9.17, 15) is 4.79 Å². The van der Waals surface area contributed by atoms with Crippen LogP contribution in [0.2, 0.25) is 0 Å². The van der Waals surface area contributed by atoms with Crippen LogP contribution >= 0.6 is 0 Å². The van der Waals surface area contributed by atoms with Crippen LogP contribution < -0.4 is 9.47 Å². The Morgan fingerprint density at radius 3 is 2.25 bits per heavy atom. The summed E-state index contributed by atoms with van der Waals surface area (Å²) in [5.41, 5.74) is 0.606. The van der Waals surface area contributed by atoms with Crippen molar-refractivity contribution in [3.63, 3.8) is 0 Å². The normalized spacial score (nSPS) is 9.10. The highest BCUT2D eigenvalue weighted by molar-refractivity contribution is 6.11.